The average molecular weight is 251 g/mol. The SMILES string of the molecule is Cl.NCCNC(=O)Cc1ccc(F)c(F)c1. The van der Waals surface area contributed by atoms with Gasteiger partial charge in [-0.1, -0.05) is 6.07 Å². The van der Waals surface area contributed by atoms with Crippen LogP contribution in [0.3, 0.4) is 0 Å². The van der Waals surface area contributed by atoms with Crippen LogP contribution in [-0.4, -0.2) is 19.0 Å². The number of halogens is 3. The van der Waals surface area contributed by atoms with E-state index in [0.29, 0.717) is 18.7 Å². The number of carbonyl (C=O) groups is 1. The van der Waals surface area contributed by atoms with E-state index in [-0.39, 0.29) is 24.7 Å². The maximum absolute atomic E-state index is 12.8. The van der Waals surface area contributed by atoms with E-state index in [1.165, 1.54) is 6.07 Å². The van der Waals surface area contributed by atoms with E-state index in [2.05, 4.69) is 5.32 Å². The minimum absolute atomic E-state index is 0. The van der Waals surface area contributed by atoms with Crippen molar-refractivity contribution >= 4 is 18.3 Å². The van der Waals surface area contributed by atoms with Crippen LogP contribution in [-0.2, 0) is 11.2 Å². The molecule has 0 aromatic heterocycles. The van der Waals surface area contributed by atoms with Gasteiger partial charge in [-0.05, 0) is 17.7 Å². The maximum Gasteiger partial charge on any atom is 0.224 e. The molecule has 0 aliphatic rings. The molecule has 0 aliphatic heterocycles. The predicted molar refractivity (Wildman–Crippen MR) is 59.4 cm³/mol. The fourth-order valence-electron chi connectivity index (χ4n) is 1.11. The third-order valence-electron chi connectivity index (χ3n) is 1.82. The molecular formula is C10H13ClF2N2O. The third kappa shape index (κ3) is 4.55. The van der Waals surface area contributed by atoms with E-state index < -0.39 is 11.6 Å². The minimum atomic E-state index is -0.945. The van der Waals surface area contributed by atoms with Crippen LogP contribution in [0, 0.1) is 11.6 Å². The Morgan fingerprint density at radius 1 is 1.31 bits per heavy atom. The lowest BCUT2D eigenvalue weighted by Gasteiger charge is -2.03. The Kier molecular flexibility index (Phi) is 6.60. The summed E-state index contributed by atoms with van der Waals surface area (Å²) < 4.78 is 25.3. The quantitative estimate of drug-likeness (QED) is 0.838. The van der Waals surface area contributed by atoms with Gasteiger partial charge in [0.05, 0.1) is 6.42 Å². The summed E-state index contributed by atoms with van der Waals surface area (Å²) in [4.78, 5) is 11.2. The molecule has 3 nitrogen and oxygen atoms in total. The van der Waals surface area contributed by atoms with Gasteiger partial charge in [0.1, 0.15) is 0 Å². The van der Waals surface area contributed by atoms with E-state index in [4.69, 9.17) is 5.73 Å². The summed E-state index contributed by atoms with van der Waals surface area (Å²) in [5.74, 6) is -2.12. The van der Waals surface area contributed by atoms with Gasteiger partial charge in [-0.2, -0.15) is 0 Å². The molecule has 0 bridgehead atoms. The van der Waals surface area contributed by atoms with Crippen molar-refractivity contribution in [1.29, 1.82) is 0 Å². The summed E-state index contributed by atoms with van der Waals surface area (Å²) in [6.45, 7) is 0.728. The third-order valence-corrected chi connectivity index (χ3v) is 1.82. The normalized spacial score (nSPS) is 9.44. The molecule has 0 saturated carbocycles. The van der Waals surface area contributed by atoms with Crippen LogP contribution >= 0.6 is 12.4 Å². The molecule has 16 heavy (non-hydrogen) atoms. The molecule has 3 N–H and O–H groups in total. The summed E-state index contributed by atoms with van der Waals surface area (Å²) in [6.07, 6.45) is 0.0250. The lowest BCUT2D eigenvalue weighted by Crippen LogP contribution is -2.30. The topological polar surface area (TPSA) is 55.1 Å². The first kappa shape index (κ1) is 14.8. The van der Waals surface area contributed by atoms with Crippen LogP contribution < -0.4 is 11.1 Å². The first-order chi connectivity index (χ1) is 7.13. The van der Waals surface area contributed by atoms with Gasteiger partial charge < -0.3 is 11.1 Å². The highest BCUT2D eigenvalue weighted by Gasteiger charge is 2.06. The van der Waals surface area contributed by atoms with E-state index in [1.807, 2.05) is 0 Å². The standard InChI is InChI=1S/C10H12F2N2O.ClH/c11-8-2-1-7(5-9(8)12)6-10(15)14-4-3-13;/h1-2,5H,3-4,6,13H2,(H,14,15);1H. The van der Waals surface area contributed by atoms with Gasteiger partial charge >= 0.3 is 0 Å². The Morgan fingerprint density at radius 3 is 2.56 bits per heavy atom. The van der Waals surface area contributed by atoms with Gasteiger partial charge in [-0.3, -0.25) is 4.79 Å². The number of hydrogen-bond donors (Lipinski definition) is 2. The smallest absolute Gasteiger partial charge is 0.224 e. The highest BCUT2D eigenvalue weighted by molar-refractivity contribution is 5.85. The number of rotatable bonds is 4. The number of amides is 1. The molecule has 0 unspecified atom stereocenters. The van der Waals surface area contributed by atoms with Crippen molar-refractivity contribution in [2.45, 2.75) is 6.42 Å². The second kappa shape index (κ2) is 7.14. The molecule has 0 heterocycles. The van der Waals surface area contributed by atoms with Crippen molar-refractivity contribution < 1.29 is 13.6 Å². The molecule has 0 fully saturated rings. The molecule has 0 radical (unpaired) electrons. The van der Waals surface area contributed by atoms with Gasteiger partial charge in [0.15, 0.2) is 11.6 Å². The number of nitrogens with one attached hydrogen (secondary N) is 1. The van der Waals surface area contributed by atoms with Gasteiger partial charge in [-0.25, -0.2) is 8.78 Å². The molecule has 1 aromatic carbocycles. The molecule has 0 saturated heterocycles. The summed E-state index contributed by atoms with van der Waals surface area (Å²) in [6, 6.07) is 3.39. The first-order valence-electron chi connectivity index (χ1n) is 4.54. The zero-order chi connectivity index (χ0) is 11.3. The summed E-state index contributed by atoms with van der Waals surface area (Å²) in [5.41, 5.74) is 5.62. The van der Waals surface area contributed by atoms with Gasteiger partial charge in [0, 0.05) is 13.1 Å². The van der Waals surface area contributed by atoms with Crippen molar-refractivity contribution in [3.63, 3.8) is 0 Å². The molecule has 1 amide bonds. The van der Waals surface area contributed by atoms with Crippen LogP contribution in [0.4, 0.5) is 8.78 Å². The molecule has 0 spiro atoms. The van der Waals surface area contributed by atoms with Gasteiger partial charge in [0.2, 0.25) is 5.91 Å². The lowest BCUT2D eigenvalue weighted by atomic mass is 10.1. The fourth-order valence-corrected chi connectivity index (χ4v) is 1.11. The van der Waals surface area contributed by atoms with Gasteiger partial charge in [-0.15, -0.1) is 12.4 Å². The van der Waals surface area contributed by atoms with Crippen LogP contribution in [0.1, 0.15) is 5.56 Å². The Hall–Kier alpha value is -1.20. The van der Waals surface area contributed by atoms with Crippen molar-refractivity contribution in [1.82, 2.24) is 5.32 Å². The average Bonchev–Trinajstić information content (AvgIpc) is 2.20. The van der Waals surface area contributed by atoms with E-state index in [9.17, 15) is 13.6 Å². The summed E-state index contributed by atoms with van der Waals surface area (Å²) in [5, 5.41) is 2.53. The number of nitrogens with two attached hydrogens (primary N) is 1. The van der Waals surface area contributed by atoms with E-state index in [0.717, 1.165) is 12.1 Å². The molecule has 6 heteroatoms. The largest absolute Gasteiger partial charge is 0.355 e. The molecule has 0 atom stereocenters. The monoisotopic (exact) mass is 250 g/mol. The molecular weight excluding hydrogens is 238 g/mol. The molecule has 0 aliphatic carbocycles. The molecule has 90 valence electrons. The number of hydrogen-bond acceptors (Lipinski definition) is 2. The number of benzene rings is 1. The minimum Gasteiger partial charge on any atom is -0.355 e. The predicted octanol–water partition coefficient (Wildman–Crippen LogP) is 1.00. The molecule has 1 rings (SSSR count). The maximum atomic E-state index is 12.8. The Morgan fingerprint density at radius 2 is 2.00 bits per heavy atom. The van der Waals surface area contributed by atoms with Crippen molar-refractivity contribution in [3.8, 4) is 0 Å². The van der Waals surface area contributed by atoms with Crippen molar-refractivity contribution in [2.24, 2.45) is 5.73 Å². The Labute approximate surface area is 98.4 Å². The first-order valence-corrected chi connectivity index (χ1v) is 4.54. The molecule has 1 aromatic rings. The summed E-state index contributed by atoms with van der Waals surface area (Å²) >= 11 is 0. The van der Waals surface area contributed by atoms with Crippen LogP contribution in [0.15, 0.2) is 18.2 Å². The zero-order valence-corrected chi connectivity index (χ0v) is 9.32. The number of carbonyl (C=O) groups excluding carboxylic acids is 1. The zero-order valence-electron chi connectivity index (χ0n) is 8.50. The van der Waals surface area contributed by atoms with Crippen molar-refractivity contribution in [2.75, 3.05) is 13.1 Å². The van der Waals surface area contributed by atoms with E-state index in [1.54, 1.807) is 0 Å². The fraction of sp³-hybridized carbons (Fsp3) is 0.300. The Balaban J connectivity index is 0.00000225. The second-order valence-corrected chi connectivity index (χ2v) is 3.06. The highest BCUT2D eigenvalue weighted by atomic mass is 35.5. The highest BCUT2D eigenvalue weighted by Crippen LogP contribution is 2.08. The van der Waals surface area contributed by atoms with Crippen LogP contribution in [0.5, 0.6) is 0 Å². The van der Waals surface area contributed by atoms with Crippen LogP contribution in [0.25, 0.3) is 0 Å². The van der Waals surface area contributed by atoms with E-state index >= 15 is 0 Å². The summed E-state index contributed by atoms with van der Waals surface area (Å²) in [7, 11) is 0. The van der Waals surface area contributed by atoms with Crippen molar-refractivity contribution in [3.05, 3.63) is 35.4 Å². The lowest BCUT2D eigenvalue weighted by molar-refractivity contribution is -0.120. The van der Waals surface area contributed by atoms with Crippen LogP contribution in [0.2, 0.25) is 0 Å². The second-order valence-electron chi connectivity index (χ2n) is 3.06. The van der Waals surface area contributed by atoms with Gasteiger partial charge in [0.25, 0.3) is 0 Å². The Bertz CT molecular complexity index is 361.